The van der Waals surface area contributed by atoms with Crippen molar-refractivity contribution in [1.29, 1.82) is 0 Å². The smallest absolute Gasteiger partial charge is 0.253 e. The van der Waals surface area contributed by atoms with Crippen molar-refractivity contribution in [2.75, 3.05) is 24.5 Å². The largest absolute Gasteiger partial charge is 0.360 e. The van der Waals surface area contributed by atoms with Gasteiger partial charge >= 0.3 is 0 Å². The molecule has 1 fully saturated rings. The number of amides is 2. The standard InChI is InChI=1S/C17H18N4O3/c22-15-6-3-13(10-19-15)17(24)20-9-12-1-4-14(5-2-12)21-8-7-18-16(23)11-21/h1-6,10H,7-9,11H2,(H,18,23)(H,19,22)(H,20,24). The van der Waals surface area contributed by atoms with Gasteiger partial charge in [-0.2, -0.15) is 0 Å². The molecule has 0 spiro atoms. The maximum atomic E-state index is 12.0. The second-order valence-corrected chi connectivity index (χ2v) is 5.56. The molecule has 2 aromatic rings. The monoisotopic (exact) mass is 326 g/mol. The molecule has 3 N–H and O–H groups in total. The fraction of sp³-hybridized carbons (Fsp3) is 0.235. The average Bonchev–Trinajstić information content (AvgIpc) is 2.61. The normalized spacial score (nSPS) is 14.2. The zero-order valence-electron chi connectivity index (χ0n) is 13.0. The highest BCUT2D eigenvalue weighted by atomic mass is 16.2. The number of anilines is 1. The van der Waals surface area contributed by atoms with Crippen LogP contribution in [0.4, 0.5) is 5.69 Å². The number of nitrogens with one attached hydrogen (secondary N) is 3. The molecular formula is C17H18N4O3. The third-order valence-electron chi connectivity index (χ3n) is 3.84. The number of benzene rings is 1. The first-order valence-corrected chi connectivity index (χ1v) is 7.69. The van der Waals surface area contributed by atoms with Crippen molar-refractivity contribution in [2.24, 2.45) is 0 Å². The van der Waals surface area contributed by atoms with Crippen molar-refractivity contribution >= 4 is 17.5 Å². The predicted octanol–water partition coefficient (Wildman–Crippen LogP) is 0.241. The summed E-state index contributed by atoms with van der Waals surface area (Å²) in [5.74, 6) is -0.221. The first kappa shape index (κ1) is 15.8. The summed E-state index contributed by atoms with van der Waals surface area (Å²) >= 11 is 0. The number of hydrogen-bond acceptors (Lipinski definition) is 4. The number of aromatic amines is 1. The van der Waals surface area contributed by atoms with E-state index < -0.39 is 0 Å². The Hall–Kier alpha value is -3.09. The van der Waals surface area contributed by atoms with Crippen LogP contribution in [-0.4, -0.2) is 36.4 Å². The van der Waals surface area contributed by atoms with Crippen molar-refractivity contribution in [3.8, 4) is 0 Å². The van der Waals surface area contributed by atoms with Crippen molar-refractivity contribution in [3.63, 3.8) is 0 Å². The summed E-state index contributed by atoms with van der Waals surface area (Å²) in [5, 5.41) is 5.60. The van der Waals surface area contributed by atoms with E-state index in [2.05, 4.69) is 15.6 Å². The molecule has 0 radical (unpaired) electrons. The quantitative estimate of drug-likeness (QED) is 0.750. The molecule has 0 unspecified atom stereocenters. The maximum absolute atomic E-state index is 12.0. The lowest BCUT2D eigenvalue weighted by atomic mass is 10.1. The first-order valence-electron chi connectivity index (χ1n) is 7.69. The van der Waals surface area contributed by atoms with Crippen LogP contribution < -0.4 is 21.1 Å². The van der Waals surface area contributed by atoms with Crippen LogP contribution in [0.15, 0.2) is 47.4 Å². The maximum Gasteiger partial charge on any atom is 0.253 e. The predicted molar refractivity (Wildman–Crippen MR) is 89.9 cm³/mol. The van der Waals surface area contributed by atoms with Gasteiger partial charge in [-0.25, -0.2) is 0 Å². The van der Waals surface area contributed by atoms with E-state index in [9.17, 15) is 14.4 Å². The minimum Gasteiger partial charge on any atom is -0.360 e. The van der Waals surface area contributed by atoms with Gasteiger partial charge in [0.25, 0.3) is 5.91 Å². The molecule has 7 heteroatoms. The van der Waals surface area contributed by atoms with Gasteiger partial charge in [0.2, 0.25) is 11.5 Å². The number of hydrogen-bond donors (Lipinski definition) is 3. The molecule has 1 aliphatic rings. The van der Waals surface area contributed by atoms with E-state index in [4.69, 9.17) is 0 Å². The van der Waals surface area contributed by atoms with E-state index in [0.29, 0.717) is 25.2 Å². The first-order chi connectivity index (χ1) is 11.6. The summed E-state index contributed by atoms with van der Waals surface area (Å²) < 4.78 is 0. The van der Waals surface area contributed by atoms with Crippen LogP contribution in [0.5, 0.6) is 0 Å². The molecule has 0 atom stereocenters. The molecule has 7 nitrogen and oxygen atoms in total. The Morgan fingerprint density at radius 1 is 1.12 bits per heavy atom. The Kier molecular flexibility index (Phi) is 4.60. The van der Waals surface area contributed by atoms with Crippen LogP contribution in [0.25, 0.3) is 0 Å². The Morgan fingerprint density at radius 2 is 1.92 bits per heavy atom. The number of rotatable bonds is 4. The molecule has 1 aromatic carbocycles. The average molecular weight is 326 g/mol. The third kappa shape index (κ3) is 3.81. The molecule has 1 aromatic heterocycles. The zero-order valence-corrected chi connectivity index (χ0v) is 13.0. The minimum absolute atomic E-state index is 0.0264. The molecule has 24 heavy (non-hydrogen) atoms. The molecule has 1 aliphatic heterocycles. The lowest BCUT2D eigenvalue weighted by Crippen LogP contribution is -2.47. The molecule has 0 aliphatic carbocycles. The third-order valence-corrected chi connectivity index (χ3v) is 3.84. The van der Waals surface area contributed by atoms with Gasteiger partial charge in [-0.3, -0.25) is 14.4 Å². The number of H-pyrrole nitrogens is 1. The van der Waals surface area contributed by atoms with Crippen molar-refractivity contribution in [1.82, 2.24) is 15.6 Å². The number of carbonyl (C=O) groups is 2. The molecule has 124 valence electrons. The van der Waals surface area contributed by atoms with Crippen LogP contribution in [0.3, 0.4) is 0 Å². The van der Waals surface area contributed by atoms with Gasteiger partial charge in [0.1, 0.15) is 0 Å². The SMILES string of the molecule is O=C1CN(c2ccc(CNC(=O)c3ccc(=O)[nH]c3)cc2)CCN1. The van der Waals surface area contributed by atoms with Crippen LogP contribution in [0, 0.1) is 0 Å². The molecule has 3 rings (SSSR count). The second kappa shape index (κ2) is 6.99. The highest BCUT2D eigenvalue weighted by Gasteiger charge is 2.16. The number of piperazine rings is 1. The molecule has 1 saturated heterocycles. The van der Waals surface area contributed by atoms with Crippen molar-refractivity contribution in [2.45, 2.75) is 6.54 Å². The lowest BCUT2D eigenvalue weighted by Gasteiger charge is -2.28. The van der Waals surface area contributed by atoms with Crippen LogP contribution in [0.2, 0.25) is 0 Å². The minimum atomic E-state index is -0.247. The van der Waals surface area contributed by atoms with E-state index in [1.54, 1.807) is 0 Å². The van der Waals surface area contributed by atoms with Crippen LogP contribution in [0.1, 0.15) is 15.9 Å². The second-order valence-electron chi connectivity index (χ2n) is 5.56. The van der Waals surface area contributed by atoms with Gasteiger partial charge in [-0.05, 0) is 23.8 Å². The van der Waals surface area contributed by atoms with Crippen molar-refractivity contribution in [3.05, 3.63) is 64.1 Å². The lowest BCUT2D eigenvalue weighted by molar-refractivity contribution is -0.120. The Labute approximate surface area is 138 Å². The number of carbonyl (C=O) groups excluding carboxylic acids is 2. The topological polar surface area (TPSA) is 94.3 Å². The van der Waals surface area contributed by atoms with Crippen molar-refractivity contribution < 1.29 is 9.59 Å². The van der Waals surface area contributed by atoms with Gasteiger partial charge < -0.3 is 20.5 Å². The van der Waals surface area contributed by atoms with Gasteiger partial charge in [0.05, 0.1) is 12.1 Å². The molecule has 0 saturated carbocycles. The van der Waals surface area contributed by atoms with Gasteiger partial charge in [0.15, 0.2) is 0 Å². The molecule has 0 bridgehead atoms. The Balaban J connectivity index is 1.58. The molecule has 2 heterocycles. The molecule has 2 amide bonds. The fourth-order valence-corrected chi connectivity index (χ4v) is 2.52. The summed E-state index contributed by atoms with van der Waals surface area (Å²) in [6, 6.07) is 10.5. The van der Waals surface area contributed by atoms with E-state index in [1.165, 1.54) is 18.3 Å². The van der Waals surface area contributed by atoms with Crippen LogP contribution >= 0.6 is 0 Å². The summed E-state index contributed by atoms with van der Waals surface area (Å²) in [7, 11) is 0. The van der Waals surface area contributed by atoms with Crippen LogP contribution in [-0.2, 0) is 11.3 Å². The molecular weight excluding hydrogens is 308 g/mol. The fourth-order valence-electron chi connectivity index (χ4n) is 2.52. The van der Waals surface area contributed by atoms with Gasteiger partial charge in [-0.15, -0.1) is 0 Å². The van der Waals surface area contributed by atoms with Gasteiger partial charge in [-0.1, -0.05) is 12.1 Å². The summed E-state index contributed by atoms with van der Waals surface area (Å²) in [5.41, 5.74) is 2.11. The van der Waals surface area contributed by atoms with E-state index in [1.807, 2.05) is 29.2 Å². The number of nitrogens with zero attached hydrogens (tertiary/aromatic N) is 1. The summed E-state index contributed by atoms with van der Waals surface area (Å²) in [6.07, 6.45) is 1.39. The zero-order chi connectivity index (χ0) is 16.9. The summed E-state index contributed by atoms with van der Waals surface area (Å²) in [6.45, 7) is 2.19. The number of pyridine rings is 1. The number of aromatic nitrogens is 1. The summed E-state index contributed by atoms with van der Waals surface area (Å²) in [4.78, 5) is 38.9. The Bertz CT molecular complexity index is 778. The van der Waals surface area contributed by atoms with E-state index in [0.717, 1.165) is 17.8 Å². The van der Waals surface area contributed by atoms with Gasteiger partial charge in [0, 0.05) is 37.6 Å². The highest BCUT2D eigenvalue weighted by molar-refractivity contribution is 5.93. The van der Waals surface area contributed by atoms with E-state index >= 15 is 0 Å². The highest BCUT2D eigenvalue weighted by Crippen LogP contribution is 2.16. The Morgan fingerprint density at radius 3 is 2.58 bits per heavy atom. The van der Waals surface area contributed by atoms with E-state index in [-0.39, 0.29) is 17.4 Å².